The summed E-state index contributed by atoms with van der Waals surface area (Å²) >= 11 is 0. The molecule has 0 aromatic rings. The lowest BCUT2D eigenvalue weighted by atomic mass is 10.3. The van der Waals surface area contributed by atoms with Gasteiger partial charge in [-0.3, -0.25) is 0 Å². The lowest BCUT2D eigenvalue weighted by molar-refractivity contribution is 0.0503. The van der Waals surface area contributed by atoms with Gasteiger partial charge in [0.05, 0.1) is 13.2 Å². The van der Waals surface area contributed by atoms with Gasteiger partial charge >= 0.3 is 0 Å². The van der Waals surface area contributed by atoms with Crippen molar-refractivity contribution >= 4 is 0 Å². The van der Waals surface area contributed by atoms with Crippen molar-refractivity contribution in [2.75, 3.05) is 46.8 Å². The molecule has 4 nitrogen and oxygen atoms in total. The highest BCUT2D eigenvalue weighted by Gasteiger charge is 1.91. The van der Waals surface area contributed by atoms with E-state index < -0.39 is 0 Å². The van der Waals surface area contributed by atoms with Crippen molar-refractivity contribution in [1.82, 2.24) is 0 Å². The molecule has 0 radical (unpaired) electrons. The summed E-state index contributed by atoms with van der Waals surface area (Å²) in [7, 11) is 1.66. The Morgan fingerprint density at radius 2 is 1.43 bits per heavy atom. The van der Waals surface area contributed by atoms with Crippen LogP contribution < -0.4 is 0 Å². The van der Waals surface area contributed by atoms with Crippen molar-refractivity contribution in [2.24, 2.45) is 0 Å². The number of hydrogen-bond donors (Lipinski definition) is 1. The third-order valence-corrected chi connectivity index (χ3v) is 1.71. The van der Waals surface area contributed by atoms with Crippen molar-refractivity contribution in [3.8, 4) is 0 Å². The second-order valence-electron chi connectivity index (χ2n) is 3.00. The van der Waals surface area contributed by atoms with Gasteiger partial charge in [0.2, 0.25) is 0 Å². The molecule has 0 aliphatic rings. The van der Waals surface area contributed by atoms with Crippen LogP contribution in [-0.4, -0.2) is 51.9 Å². The molecular weight excluding hydrogens is 184 g/mol. The number of methoxy groups -OCH3 is 1. The second-order valence-corrected chi connectivity index (χ2v) is 3.00. The summed E-state index contributed by atoms with van der Waals surface area (Å²) in [5.41, 5.74) is 0. The summed E-state index contributed by atoms with van der Waals surface area (Å²) in [6.45, 7) is 3.75. The number of rotatable bonds is 11. The first-order valence-electron chi connectivity index (χ1n) is 5.17. The van der Waals surface area contributed by atoms with Crippen LogP contribution in [0.4, 0.5) is 0 Å². The maximum absolute atomic E-state index is 8.50. The summed E-state index contributed by atoms with van der Waals surface area (Å²) in [4.78, 5) is 0. The average molecular weight is 206 g/mol. The lowest BCUT2D eigenvalue weighted by Crippen LogP contribution is -2.06. The first-order valence-corrected chi connectivity index (χ1v) is 5.17. The molecule has 0 aromatic heterocycles. The molecule has 0 aliphatic carbocycles. The number of ether oxygens (including phenoxy) is 3. The molecule has 4 heteroatoms. The Morgan fingerprint density at radius 3 is 2.07 bits per heavy atom. The van der Waals surface area contributed by atoms with Gasteiger partial charge in [0.1, 0.15) is 0 Å². The first-order chi connectivity index (χ1) is 6.91. The van der Waals surface area contributed by atoms with Crippen LogP contribution in [0, 0.1) is 0 Å². The molecule has 0 saturated carbocycles. The molecule has 0 unspecified atom stereocenters. The molecule has 0 heterocycles. The Morgan fingerprint density at radius 1 is 0.786 bits per heavy atom. The van der Waals surface area contributed by atoms with Gasteiger partial charge in [-0.15, -0.1) is 0 Å². The van der Waals surface area contributed by atoms with Crippen molar-refractivity contribution in [1.29, 1.82) is 0 Å². The SMILES string of the molecule is COCCOCCCOCCCCO. The monoisotopic (exact) mass is 206 g/mol. The van der Waals surface area contributed by atoms with E-state index in [0.29, 0.717) is 13.2 Å². The molecule has 0 rings (SSSR count). The smallest absolute Gasteiger partial charge is 0.0700 e. The normalized spacial score (nSPS) is 10.7. The third kappa shape index (κ3) is 11.8. The molecule has 1 N–H and O–H groups in total. The predicted molar refractivity (Wildman–Crippen MR) is 54.5 cm³/mol. The summed E-state index contributed by atoms with van der Waals surface area (Å²) in [6, 6.07) is 0. The Kier molecular flexibility index (Phi) is 12.7. The number of unbranched alkanes of at least 4 members (excludes halogenated alkanes) is 1. The maximum atomic E-state index is 8.50. The Balaban J connectivity index is 2.78. The molecular formula is C10H22O4. The third-order valence-electron chi connectivity index (χ3n) is 1.71. The zero-order valence-electron chi connectivity index (χ0n) is 9.04. The Labute approximate surface area is 86.2 Å². The Bertz CT molecular complexity index is 86.1. The Hall–Kier alpha value is -0.160. The molecule has 0 bridgehead atoms. The highest BCUT2D eigenvalue weighted by atomic mass is 16.5. The zero-order chi connectivity index (χ0) is 10.5. The summed E-state index contributed by atoms with van der Waals surface area (Å²) in [5.74, 6) is 0. The fraction of sp³-hybridized carbons (Fsp3) is 1.00. The van der Waals surface area contributed by atoms with E-state index in [2.05, 4.69) is 0 Å². The molecule has 14 heavy (non-hydrogen) atoms. The summed E-state index contributed by atoms with van der Waals surface area (Å²) in [6.07, 6.45) is 2.67. The lowest BCUT2D eigenvalue weighted by Gasteiger charge is -2.04. The van der Waals surface area contributed by atoms with E-state index in [1.54, 1.807) is 7.11 Å². The average Bonchev–Trinajstić information content (AvgIpc) is 2.21. The number of hydrogen-bond acceptors (Lipinski definition) is 4. The molecule has 0 fully saturated rings. The van der Waals surface area contributed by atoms with Crippen LogP contribution in [0.5, 0.6) is 0 Å². The molecule has 0 saturated heterocycles. The first kappa shape index (κ1) is 13.8. The summed E-state index contributed by atoms with van der Waals surface area (Å²) in [5, 5.41) is 8.50. The minimum Gasteiger partial charge on any atom is -0.396 e. The molecule has 0 spiro atoms. The van der Waals surface area contributed by atoms with Crippen LogP contribution in [0.1, 0.15) is 19.3 Å². The van der Waals surface area contributed by atoms with Gasteiger partial charge in [-0.05, 0) is 19.3 Å². The molecule has 0 atom stereocenters. The van der Waals surface area contributed by atoms with Gasteiger partial charge in [-0.1, -0.05) is 0 Å². The van der Waals surface area contributed by atoms with E-state index in [0.717, 1.165) is 39.1 Å². The van der Waals surface area contributed by atoms with Crippen molar-refractivity contribution in [3.63, 3.8) is 0 Å². The molecule has 86 valence electrons. The van der Waals surface area contributed by atoms with E-state index in [-0.39, 0.29) is 6.61 Å². The number of aliphatic hydroxyl groups excluding tert-OH is 1. The van der Waals surface area contributed by atoms with E-state index in [9.17, 15) is 0 Å². The molecule has 0 aliphatic heterocycles. The van der Waals surface area contributed by atoms with E-state index in [1.165, 1.54) is 0 Å². The van der Waals surface area contributed by atoms with Crippen LogP contribution in [0.25, 0.3) is 0 Å². The van der Waals surface area contributed by atoms with Crippen LogP contribution >= 0.6 is 0 Å². The van der Waals surface area contributed by atoms with Crippen LogP contribution in [0.2, 0.25) is 0 Å². The molecule has 0 amide bonds. The van der Waals surface area contributed by atoms with E-state index in [1.807, 2.05) is 0 Å². The summed E-state index contributed by atoms with van der Waals surface area (Å²) < 4.78 is 15.4. The van der Waals surface area contributed by atoms with Crippen molar-refractivity contribution < 1.29 is 19.3 Å². The fourth-order valence-corrected chi connectivity index (χ4v) is 0.925. The maximum Gasteiger partial charge on any atom is 0.0700 e. The minimum atomic E-state index is 0.253. The zero-order valence-corrected chi connectivity index (χ0v) is 9.04. The van der Waals surface area contributed by atoms with E-state index >= 15 is 0 Å². The van der Waals surface area contributed by atoms with Gasteiger partial charge in [0, 0.05) is 33.5 Å². The fourth-order valence-electron chi connectivity index (χ4n) is 0.925. The van der Waals surface area contributed by atoms with Gasteiger partial charge in [-0.25, -0.2) is 0 Å². The van der Waals surface area contributed by atoms with Gasteiger partial charge in [0.25, 0.3) is 0 Å². The molecule has 0 aromatic carbocycles. The highest BCUT2D eigenvalue weighted by molar-refractivity contribution is 4.38. The topological polar surface area (TPSA) is 47.9 Å². The van der Waals surface area contributed by atoms with Gasteiger partial charge in [0.15, 0.2) is 0 Å². The van der Waals surface area contributed by atoms with Crippen molar-refractivity contribution in [3.05, 3.63) is 0 Å². The largest absolute Gasteiger partial charge is 0.396 e. The van der Waals surface area contributed by atoms with Crippen LogP contribution in [0.15, 0.2) is 0 Å². The minimum absolute atomic E-state index is 0.253. The van der Waals surface area contributed by atoms with Crippen LogP contribution in [0.3, 0.4) is 0 Å². The predicted octanol–water partition coefficient (Wildman–Crippen LogP) is 0.829. The highest BCUT2D eigenvalue weighted by Crippen LogP contribution is 1.90. The standard InChI is InChI=1S/C10H22O4/c1-12-9-10-14-8-4-7-13-6-3-2-5-11/h11H,2-10H2,1H3. The van der Waals surface area contributed by atoms with Gasteiger partial charge in [-0.2, -0.15) is 0 Å². The second kappa shape index (κ2) is 12.8. The number of aliphatic hydroxyl groups is 1. The van der Waals surface area contributed by atoms with Crippen LogP contribution in [-0.2, 0) is 14.2 Å². The quantitative estimate of drug-likeness (QED) is 0.509. The van der Waals surface area contributed by atoms with Crippen molar-refractivity contribution in [2.45, 2.75) is 19.3 Å². The van der Waals surface area contributed by atoms with Gasteiger partial charge < -0.3 is 19.3 Å². The van der Waals surface area contributed by atoms with E-state index in [4.69, 9.17) is 19.3 Å².